The van der Waals surface area contributed by atoms with Crippen LogP contribution in [0.15, 0.2) is 48.5 Å². The van der Waals surface area contributed by atoms with Crippen molar-refractivity contribution in [1.82, 2.24) is 5.32 Å². The molecule has 1 amide bonds. The third-order valence-corrected chi connectivity index (χ3v) is 3.46. The van der Waals surface area contributed by atoms with Crippen molar-refractivity contribution in [3.05, 3.63) is 54.1 Å². The van der Waals surface area contributed by atoms with Crippen LogP contribution in [-0.2, 0) is 11.2 Å². The van der Waals surface area contributed by atoms with Crippen LogP contribution in [0.1, 0.15) is 12.5 Å². The molecule has 0 saturated heterocycles. The molecule has 0 aliphatic heterocycles. The Bertz CT molecular complexity index is 657. The number of nitrogens with one attached hydrogen (secondary N) is 1. The number of carbonyl (C=O) groups is 1. The van der Waals surface area contributed by atoms with Crippen molar-refractivity contribution in [1.29, 1.82) is 0 Å². The van der Waals surface area contributed by atoms with Gasteiger partial charge in [-0.2, -0.15) is 0 Å². The Balaban J connectivity index is 1.70. The van der Waals surface area contributed by atoms with E-state index in [1.54, 1.807) is 19.2 Å². The lowest BCUT2D eigenvalue weighted by Crippen LogP contribution is -2.32. The molecule has 0 saturated carbocycles. The SMILES string of the molecule is CCc1ccccc1OCCNC(=O)COc1ccccc1OC. The number of hydrogen-bond acceptors (Lipinski definition) is 4. The first-order valence-electron chi connectivity index (χ1n) is 7.97. The summed E-state index contributed by atoms with van der Waals surface area (Å²) >= 11 is 0. The second-order valence-electron chi connectivity index (χ2n) is 5.10. The monoisotopic (exact) mass is 329 g/mol. The van der Waals surface area contributed by atoms with Crippen molar-refractivity contribution in [2.24, 2.45) is 0 Å². The standard InChI is InChI=1S/C19H23NO4/c1-3-15-8-4-5-9-16(15)23-13-12-20-19(21)14-24-18-11-7-6-10-17(18)22-2/h4-11H,3,12-14H2,1-2H3,(H,20,21). The molecular weight excluding hydrogens is 306 g/mol. The molecule has 0 aliphatic rings. The van der Waals surface area contributed by atoms with Gasteiger partial charge in [0.1, 0.15) is 12.4 Å². The molecule has 5 nitrogen and oxygen atoms in total. The Kier molecular flexibility index (Phi) is 6.95. The molecule has 24 heavy (non-hydrogen) atoms. The van der Waals surface area contributed by atoms with E-state index in [0.717, 1.165) is 17.7 Å². The van der Waals surface area contributed by atoms with Crippen LogP contribution in [0.2, 0.25) is 0 Å². The van der Waals surface area contributed by atoms with Crippen LogP contribution in [0.3, 0.4) is 0 Å². The van der Waals surface area contributed by atoms with Crippen molar-refractivity contribution in [3.8, 4) is 17.2 Å². The van der Waals surface area contributed by atoms with Gasteiger partial charge < -0.3 is 19.5 Å². The van der Waals surface area contributed by atoms with Gasteiger partial charge in [0.15, 0.2) is 18.1 Å². The molecule has 2 rings (SSSR count). The predicted octanol–water partition coefficient (Wildman–Crippen LogP) is 2.83. The maximum absolute atomic E-state index is 11.8. The van der Waals surface area contributed by atoms with Crippen LogP contribution in [0, 0.1) is 0 Å². The van der Waals surface area contributed by atoms with E-state index in [1.807, 2.05) is 36.4 Å². The highest BCUT2D eigenvalue weighted by Crippen LogP contribution is 2.25. The number of rotatable bonds is 9. The molecule has 2 aromatic carbocycles. The fraction of sp³-hybridized carbons (Fsp3) is 0.316. The zero-order valence-corrected chi connectivity index (χ0v) is 14.1. The highest BCUT2D eigenvalue weighted by atomic mass is 16.5. The average molecular weight is 329 g/mol. The Labute approximate surface area is 142 Å². The lowest BCUT2D eigenvalue weighted by atomic mass is 10.1. The molecule has 0 unspecified atom stereocenters. The molecule has 0 radical (unpaired) electrons. The van der Waals surface area contributed by atoms with E-state index in [9.17, 15) is 4.79 Å². The first-order chi connectivity index (χ1) is 11.7. The summed E-state index contributed by atoms with van der Waals surface area (Å²) in [5.41, 5.74) is 1.16. The van der Waals surface area contributed by atoms with E-state index >= 15 is 0 Å². The number of ether oxygens (including phenoxy) is 3. The minimum Gasteiger partial charge on any atom is -0.493 e. The van der Waals surface area contributed by atoms with Crippen molar-refractivity contribution in [2.45, 2.75) is 13.3 Å². The van der Waals surface area contributed by atoms with E-state index < -0.39 is 0 Å². The largest absolute Gasteiger partial charge is 0.493 e. The maximum atomic E-state index is 11.8. The van der Waals surface area contributed by atoms with E-state index in [0.29, 0.717) is 24.7 Å². The van der Waals surface area contributed by atoms with E-state index in [4.69, 9.17) is 14.2 Å². The third kappa shape index (κ3) is 5.19. The Morgan fingerprint density at radius 3 is 2.33 bits per heavy atom. The molecule has 1 N–H and O–H groups in total. The minimum absolute atomic E-state index is 0.0636. The third-order valence-electron chi connectivity index (χ3n) is 3.46. The maximum Gasteiger partial charge on any atom is 0.258 e. The summed E-state index contributed by atoms with van der Waals surface area (Å²) in [6.45, 7) is 2.86. The smallest absolute Gasteiger partial charge is 0.258 e. The first-order valence-corrected chi connectivity index (χ1v) is 7.97. The molecule has 5 heteroatoms. The highest BCUT2D eigenvalue weighted by Gasteiger charge is 2.07. The van der Waals surface area contributed by atoms with Crippen LogP contribution >= 0.6 is 0 Å². The summed E-state index contributed by atoms with van der Waals surface area (Å²) < 4.78 is 16.3. The van der Waals surface area contributed by atoms with Gasteiger partial charge in [0.2, 0.25) is 0 Å². The fourth-order valence-corrected chi connectivity index (χ4v) is 2.22. The first kappa shape index (κ1) is 17.7. The molecule has 0 spiro atoms. The lowest BCUT2D eigenvalue weighted by molar-refractivity contribution is -0.123. The summed E-state index contributed by atoms with van der Waals surface area (Å²) in [7, 11) is 1.56. The Morgan fingerprint density at radius 2 is 1.62 bits per heavy atom. The van der Waals surface area contributed by atoms with Gasteiger partial charge in [-0.1, -0.05) is 37.3 Å². The number of carbonyl (C=O) groups excluding carboxylic acids is 1. The number of methoxy groups -OCH3 is 1. The zero-order valence-electron chi connectivity index (χ0n) is 14.1. The van der Waals surface area contributed by atoms with Crippen molar-refractivity contribution in [3.63, 3.8) is 0 Å². The van der Waals surface area contributed by atoms with Gasteiger partial charge in [-0.05, 0) is 30.2 Å². The zero-order chi connectivity index (χ0) is 17.2. The predicted molar refractivity (Wildman–Crippen MR) is 92.8 cm³/mol. The summed E-state index contributed by atoms with van der Waals surface area (Å²) in [6.07, 6.45) is 0.912. The number of amides is 1. The van der Waals surface area contributed by atoms with Crippen LogP contribution in [0.25, 0.3) is 0 Å². The number of para-hydroxylation sites is 3. The van der Waals surface area contributed by atoms with Gasteiger partial charge in [0, 0.05) is 0 Å². The van der Waals surface area contributed by atoms with Gasteiger partial charge in [0.05, 0.1) is 13.7 Å². The molecule has 128 valence electrons. The fourth-order valence-electron chi connectivity index (χ4n) is 2.22. The molecule has 0 fully saturated rings. The second kappa shape index (κ2) is 9.45. The van der Waals surface area contributed by atoms with Crippen molar-refractivity contribution < 1.29 is 19.0 Å². The summed E-state index contributed by atoms with van der Waals surface area (Å²) in [6, 6.07) is 15.1. The molecule has 0 atom stereocenters. The minimum atomic E-state index is -0.201. The van der Waals surface area contributed by atoms with Gasteiger partial charge >= 0.3 is 0 Å². The highest BCUT2D eigenvalue weighted by molar-refractivity contribution is 5.77. The summed E-state index contributed by atoms with van der Waals surface area (Å²) in [5.74, 6) is 1.81. The molecule has 0 bridgehead atoms. The van der Waals surface area contributed by atoms with E-state index in [2.05, 4.69) is 12.2 Å². The van der Waals surface area contributed by atoms with Crippen LogP contribution < -0.4 is 19.5 Å². The molecule has 0 heterocycles. The van der Waals surface area contributed by atoms with Crippen molar-refractivity contribution in [2.75, 3.05) is 26.9 Å². The van der Waals surface area contributed by atoms with Crippen LogP contribution in [0.5, 0.6) is 17.2 Å². The van der Waals surface area contributed by atoms with Crippen molar-refractivity contribution >= 4 is 5.91 Å². The number of hydrogen-bond donors (Lipinski definition) is 1. The van der Waals surface area contributed by atoms with Crippen LogP contribution in [-0.4, -0.2) is 32.8 Å². The van der Waals surface area contributed by atoms with Gasteiger partial charge in [0.25, 0.3) is 5.91 Å². The van der Waals surface area contributed by atoms with Gasteiger partial charge in [-0.3, -0.25) is 4.79 Å². The van der Waals surface area contributed by atoms with Gasteiger partial charge in [-0.25, -0.2) is 0 Å². The molecule has 0 aromatic heterocycles. The van der Waals surface area contributed by atoms with Gasteiger partial charge in [-0.15, -0.1) is 0 Å². The topological polar surface area (TPSA) is 56.8 Å². The second-order valence-corrected chi connectivity index (χ2v) is 5.10. The van der Waals surface area contributed by atoms with E-state index in [-0.39, 0.29) is 12.5 Å². The summed E-state index contributed by atoms with van der Waals surface area (Å²) in [5, 5.41) is 2.77. The van der Waals surface area contributed by atoms with E-state index in [1.165, 1.54) is 0 Å². The molecule has 0 aliphatic carbocycles. The molecular formula is C19H23NO4. The molecule has 2 aromatic rings. The normalized spacial score (nSPS) is 10.1. The average Bonchev–Trinajstić information content (AvgIpc) is 2.64. The van der Waals surface area contributed by atoms with Crippen LogP contribution in [0.4, 0.5) is 0 Å². The lowest BCUT2D eigenvalue weighted by Gasteiger charge is -2.12. The number of aryl methyl sites for hydroxylation is 1. The quantitative estimate of drug-likeness (QED) is 0.719. The summed E-state index contributed by atoms with van der Waals surface area (Å²) in [4.78, 5) is 11.8. The Morgan fingerprint density at radius 1 is 0.958 bits per heavy atom. The Hall–Kier alpha value is -2.69. The number of benzene rings is 2.